The number of hydrogen-bond acceptors (Lipinski definition) is 3. The Morgan fingerprint density at radius 3 is 2.57 bits per heavy atom. The van der Waals surface area contributed by atoms with Crippen molar-refractivity contribution in [3.8, 4) is 5.75 Å². The van der Waals surface area contributed by atoms with Crippen LogP contribution in [0.3, 0.4) is 0 Å². The molecule has 2 aliphatic rings. The molecule has 2 fully saturated rings. The fourth-order valence-electron chi connectivity index (χ4n) is 3.78. The van der Waals surface area contributed by atoms with Crippen molar-refractivity contribution in [2.45, 2.75) is 31.7 Å². The predicted molar refractivity (Wildman–Crippen MR) is 90.0 cm³/mol. The van der Waals surface area contributed by atoms with E-state index in [1.807, 2.05) is 12.1 Å². The Morgan fingerprint density at radius 2 is 1.90 bits per heavy atom. The second kappa shape index (κ2) is 6.86. The van der Waals surface area contributed by atoms with Crippen LogP contribution in [0.15, 0.2) is 16.6 Å². The highest BCUT2D eigenvalue weighted by Crippen LogP contribution is 2.45. The van der Waals surface area contributed by atoms with E-state index < -0.39 is 0 Å². The molecule has 1 saturated carbocycles. The minimum absolute atomic E-state index is 0.308. The maximum atomic E-state index is 10.6. The number of phenolic OH excluding ortho intramolecular Hbond substituents is 1. The van der Waals surface area contributed by atoms with Gasteiger partial charge in [-0.2, -0.15) is 0 Å². The Bertz CT molecular complexity index is 499. The number of nitrogens with zero attached hydrogens (tertiary/aromatic N) is 1. The lowest BCUT2D eigenvalue weighted by atomic mass is 9.89. The van der Waals surface area contributed by atoms with Crippen molar-refractivity contribution in [2.75, 3.05) is 26.2 Å². The molecule has 1 aliphatic carbocycles. The summed E-state index contributed by atoms with van der Waals surface area (Å²) in [5.74, 6) is 0.958. The van der Waals surface area contributed by atoms with Crippen LogP contribution in [0.4, 0.5) is 0 Å². The first-order chi connectivity index (χ1) is 10.2. The predicted octanol–water partition coefficient (Wildman–Crippen LogP) is 3.94. The summed E-state index contributed by atoms with van der Waals surface area (Å²) in [5, 5.41) is 14.5. The molecule has 0 spiro atoms. The maximum absolute atomic E-state index is 10.6. The fraction of sp³-hybridized carbons (Fsp3) is 0.625. The van der Waals surface area contributed by atoms with Gasteiger partial charge < -0.3 is 10.4 Å². The molecule has 2 N–H and O–H groups in total. The van der Waals surface area contributed by atoms with E-state index in [1.165, 1.54) is 25.7 Å². The number of halogens is 2. The normalized spacial score (nSPS) is 22.6. The number of benzene rings is 1. The minimum Gasteiger partial charge on any atom is -0.506 e. The summed E-state index contributed by atoms with van der Waals surface area (Å²) in [6, 6.07) is 4.21. The molecule has 0 bridgehead atoms. The zero-order chi connectivity index (χ0) is 14.8. The average molecular weight is 374 g/mol. The van der Waals surface area contributed by atoms with E-state index in [1.54, 1.807) is 0 Å². The molecule has 3 nitrogen and oxygen atoms in total. The third kappa shape index (κ3) is 3.24. The first-order valence-electron chi connectivity index (χ1n) is 7.80. The number of hydrogen-bond donors (Lipinski definition) is 2. The Labute approximate surface area is 139 Å². The van der Waals surface area contributed by atoms with Crippen LogP contribution in [0.2, 0.25) is 5.02 Å². The molecule has 21 heavy (non-hydrogen) atoms. The van der Waals surface area contributed by atoms with E-state index in [-0.39, 0.29) is 0 Å². The highest BCUT2D eigenvalue weighted by Gasteiger charge is 2.34. The highest BCUT2D eigenvalue weighted by atomic mass is 79.9. The third-order valence-electron chi connectivity index (χ3n) is 4.81. The molecule has 1 aliphatic heterocycles. The SMILES string of the molecule is Oc1c([C@H](C2CCCC2)N2CCNCC2)ccc(Cl)c1Br. The van der Waals surface area contributed by atoms with Gasteiger partial charge in [-0.05, 0) is 40.8 Å². The summed E-state index contributed by atoms with van der Waals surface area (Å²) < 4.78 is 0.625. The summed E-state index contributed by atoms with van der Waals surface area (Å²) in [6.07, 6.45) is 5.13. The van der Waals surface area contributed by atoms with Crippen molar-refractivity contribution in [2.24, 2.45) is 5.92 Å². The van der Waals surface area contributed by atoms with Crippen molar-refractivity contribution >= 4 is 27.5 Å². The monoisotopic (exact) mass is 372 g/mol. The lowest BCUT2D eigenvalue weighted by molar-refractivity contribution is 0.123. The topological polar surface area (TPSA) is 35.5 Å². The molecule has 0 unspecified atom stereocenters. The van der Waals surface area contributed by atoms with Crippen LogP contribution in [0.5, 0.6) is 5.75 Å². The van der Waals surface area contributed by atoms with Gasteiger partial charge in [0.25, 0.3) is 0 Å². The van der Waals surface area contributed by atoms with Gasteiger partial charge in [-0.15, -0.1) is 0 Å². The quantitative estimate of drug-likeness (QED) is 0.842. The first-order valence-corrected chi connectivity index (χ1v) is 8.97. The Balaban J connectivity index is 1.96. The smallest absolute Gasteiger partial charge is 0.136 e. The Kier molecular flexibility index (Phi) is 5.10. The van der Waals surface area contributed by atoms with E-state index in [4.69, 9.17) is 11.6 Å². The third-order valence-corrected chi connectivity index (χ3v) is 6.16. The summed E-state index contributed by atoms with van der Waals surface area (Å²) in [6.45, 7) is 4.14. The van der Waals surface area contributed by atoms with E-state index in [9.17, 15) is 5.11 Å². The maximum Gasteiger partial charge on any atom is 0.136 e. The summed E-state index contributed by atoms with van der Waals surface area (Å²) in [7, 11) is 0. The first kappa shape index (κ1) is 15.6. The largest absolute Gasteiger partial charge is 0.506 e. The lowest BCUT2D eigenvalue weighted by Crippen LogP contribution is -2.46. The van der Waals surface area contributed by atoms with Crippen LogP contribution in [-0.4, -0.2) is 36.2 Å². The molecule has 1 atom stereocenters. The number of phenols is 1. The van der Waals surface area contributed by atoms with Gasteiger partial charge in [0.1, 0.15) is 5.75 Å². The fourth-order valence-corrected chi connectivity index (χ4v) is 4.29. The van der Waals surface area contributed by atoms with Crippen LogP contribution in [-0.2, 0) is 0 Å². The van der Waals surface area contributed by atoms with Crippen LogP contribution < -0.4 is 5.32 Å². The highest BCUT2D eigenvalue weighted by molar-refractivity contribution is 9.10. The Morgan fingerprint density at radius 1 is 1.24 bits per heavy atom. The zero-order valence-corrected chi connectivity index (χ0v) is 14.5. The van der Waals surface area contributed by atoms with Gasteiger partial charge in [0, 0.05) is 37.8 Å². The van der Waals surface area contributed by atoms with Gasteiger partial charge >= 0.3 is 0 Å². The number of piperazine rings is 1. The van der Waals surface area contributed by atoms with E-state index in [0.29, 0.717) is 27.2 Å². The Hall–Kier alpha value is -0.290. The molecule has 1 saturated heterocycles. The molecule has 0 radical (unpaired) electrons. The molecule has 116 valence electrons. The van der Waals surface area contributed by atoms with E-state index >= 15 is 0 Å². The lowest BCUT2D eigenvalue weighted by Gasteiger charge is -2.39. The van der Waals surface area contributed by atoms with Crippen LogP contribution >= 0.6 is 27.5 Å². The molecular weight excluding hydrogens is 352 g/mol. The van der Waals surface area contributed by atoms with Crippen molar-refractivity contribution in [3.63, 3.8) is 0 Å². The standard InChI is InChI=1S/C16H22BrClN2O/c17-14-13(18)6-5-12(16(14)21)15(11-3-1-2-4-11)20-9-7-19-8-10-20/h5-6,11,15,19,21H,1-4,7-10H2/t15-/m0/s1. The van der Waals surface area contributed by atoms with Crippen molar-refractivity contribution in [3.05, 3.63) is 27.2 Å². The van der Waals surface area contributed by atoms with Crippen molar-refractivity contribution in [1.29, 1.82) is 0 Å². The van der Waals surface area contributed by atoms with Gasteiger partial charge in [-0.1, -0.05) is 30.5 Å². The molecule has 5 heteroatoms. The van der Waals surface area contributed by atoms with Gasteiger partial charge in [-0.25, -0.2) is 0 Å². The molecule has 0 aromatic heterocycles. The van der Waals surface area contributed by atoms with Crippen molar-refractivity contribution < 1.29 is 5.11 Å². The van der Waals surface area contributed by atoms with Gasteiger partial charge in [0.05, 0.1) is 9.50 Å². The molecule has 1 aromatic carbocycles. The molecule has 0 amide bonds. The molecule has 3 rings (SSSR count). The van der Waals surface area contributed by atoms with Crippen molar-refractivity contribution in [1.82, 2.24) is 10.2 Å². The average Bonchev–Trinajstić information content (AvgIpc) is 3.03. The second-order valence-electron chi connectivity index (χ2n) is 6.07. The second-order valence-corrected chi connectivity index (χ2v) is 7.27. The van der Waals surface area contributed by atoms with E-state index in [2.05, 4.69) is 26.1 Å². The number of rotatable bonds is 3. The van der Waals surface area contributed by atoms with Crippen LogP contribution in [0.25, 0.3) is 0 Å². The van der Waals surface area contributed by atoms with Crippen LogP contribution in [0, 0.1) is 5.92 Å². The zero-order valence-electron chi connectivity index (χ0n) is 12.1. The van der Waals surface area contributed by atoms with Gasteiger partial charge in [0.2, 0.25) is 0 Å². The number of aromatic hydroxyl groups is 1. The van der Waals surface area contributed by atoms with Gasteiger partial charge in [-0.3, -0.25) is 4.90 Å². The van der Waals surface area contributed by atoms with Crippen LogP contribution in [0.1, 0.15) is 37.3 Å². The molecule has 1 heterocycles. The molecule has 1 aromatic rings. The minimum atomic E-state index is 0.308. The molecular formula is C16H22BrClN2O. The summed E-state index contributed by atoms with van der Waals surface area (Å²) in [4.78, 5) is 2.53. The summed E-state index contributed by atoms with van der Waals surface area (Å²) >= 11 is 9.52. The van der Waals surface area contributed by atoms with E-state index in [0.717, 1.165) is 31.7 Å². The summed E-state index contributed by atoms with van der Waals surface area (Å²) in [5.41, 5.74) is 1.03. The van der Waals surface area contributed by atoms with Gasteiger partial charge in [0.15, 0.2) is 0 Å². The number of nitrogens with one attached hydrogen (secondary N) is 1.